The Morgan fingerprint density at radius 1 is 1.35 bits per heavy atom. The number of likely N-dealkylation sites (tertiary alicyclic amines) is 1. The molecule has 1 unspecified atom stereocenters. The van der Waals surface area contributed by atoms with Gasteiger partial charge in [0.1, 0.15) is 5.76 Å². The number of unbranched alkanes of at least 4 members (excludes halogenated alkanes) is 1. The smallest absolute Gasteiger partial charge is 0.310 e. The monoisotopic (exact) mass is 362 g/mol. The lowest BCUT2D eigenvalue weighted by Gasteiger charge is -2.24. The van der Waals surface area contributed by atoms with Gasteiger partial charge in [0.25, 0.3) is 0 Å². The number of nitrogens with zero attached hydrogens (tertiary/aromatic N) is 2. The van der Waals surface area contributed by atoms with Gasteiger partial charge in [-0.05, 0) is 63.5 Å². The van der Waals surface area contributed by atoms with Gasteiger partial charge in [-0.15, -0.1) is 0 Å². The molecule has 0 radical (unpaired) electrons. The van der Waals surface area contributed by atoms with E-state index in [0.29, 0.717) is 18.8 Å². The van der Waals surface area contributed by atoms with Crippen molar-refractivity contribution in [1.29, 1.82) is 0 Å². The molecule has 0 aliphatic carbocycles. The number of amides is 1. The zero-order chi connectivity index (χ0) is 18.8. The highest BCUT2D eigenvalue weighted by atomic mass is 16.5. The highest BCUT2D eigenvalue weighted by Crippen LogP contribution is 2.11. The third-order valence-corrected chi connectivity index (χ3v) is 4.69. The molecule has 1 aromatic rings. The molecule has 0 spiro atoms. The number of hydrogen-bond donors (Lipinski definition) is 0. The lowest BCUT2D eigenvalue weighted by atomic mass is 10.1. The zero-order valence-electron chi connectivity index (χ0n) is 15.9. The molecule has 6 nitrogen and oxygen atoms in total. The lowest BCUT2D eigenvalue weighted by molar-refractivity contribution is -0.146. The van der Waals surface area contributed by atoms with E-state index in [0.717, 1.165) is 19.4 Å². The molecule has 0 aromatic carbocycles. The van der Waals surface area contributed by atoms with Crippen molar-refractivity contribution in [1.82, 2.24) is 9.80 Å². The van der Waals surface area contributed by atoms with Crippen LogP contribution in [0.15, 0.2) is 28.9 Å². The maximum Gasteiger partial charge on any atom is 0.310 e. The van der Waals surface area contributed by atoms with Crippen LogP contribution in [-0.2, 0) is 14.3 Å². The Kier molecular flexibility index (Phi) is 8.41. The standard InChI is InChI=1S/C20H30N2O4/c1-17(20(24)25-2)16-22(14-6-5-13-21-11-3-4-12-21)19(23)10-9-18-8-7-15-26-18/h7-10,15,17H,3-6,11-14,16H2,1-2H3/b10-9+. The van der Waals surface area contributed by atoms with Crippen molar-refractivity contribution in [3.63, 3.8) is 0 Å². The van der Waals surface area contributed by atoms with Gasteiger partial charge in [0.05, 0.1) is 19.3 Å². The lowest BCUT2D eigenvalue weighted by Crippen LogP contribution is -2.37. The summed E-state index contributed by atoms with van der Waals surface area (Å²) >= 11 is 0. The SMILES string of the molecule is COC(=O)C(C)CN(CCCCN1CCCC1)C(=O)/C=C/c1ccco1. The van der Waals surface area contributed by atoms with Crippen molar-refractivity contribution >= 4 is 18.0 Å². The first-order valence-corrected chi connectivity index (χ1v) is 9.41. The van der Waals surface area contributed by atoms with E-state index in [1.807, 2.05) is 0 Å². The summed E-state index contributed by atoms with van der Waals surface area (Å²) in [6.45, 7) is 6.24. The third-order valence-electron chi connectivity index (χ3n) is 4.69. The maximum absolute atomic E-state index is 12.6. The first kappa shape index (κ1) is 20.2. The summed E-state index contributed by atoms with van der Waals surface area (Å²) < 4.78 is 10.0. The summed E-state index contributed by atoms with van der Waals surface area (Å²) in [6, 6.07) is 3.57. The molecule has 1 aliphatic heterocycles. The molecule has 2 heterocycles. The van der Waals surface area contributed by atoms with Crippen LogP contribution in [-0.4, -0.2) is 61.5 Å². The van der Waals surface area contributed by atoms with E-state index < -0.39 is 0 Å². The summed E-state index contributed by atoms with van der Waals surface area (Å²) in [5.41, 5.74) is 0. The fraction of sp³-hybridized carbons (Fsp3) is 0.600. The van der Waals surface area contributed by atoms with E-state index in [4.69, 9.17) is 9.15 Å². The van der Waals surface area contributed by atoms with Crippen molar-refractivity contribution in [3.05, 3.63) is 30.2 Å². The maximum atomic E-state index is 12.6. The average molecular weight is 362 g/mol. The van der Waals surface area contributed by atoms with Crippen LogP contribution in [0.2, 0.25) is 0 Å². The van der Waals surface area contributed by atoms with Crippen LogP contribution in [0.3, 0.4) is 0 Å². The molecule has 1 aliphatic rings. The van der Waals surface area contributed by atoms with E-state index in [1.165, 1.54) is 39.1 Å². The van der Waals surface area contributed by atoms with Crippen molar-refractivity contribution < 1.29 is 18.7 Å². The Hall–Kier alpha value is -2.08. The van der Waals surface area contributed by atoms with E-state index in [2.05, 4.69) is 4.90 Å². The summed E-state index contributed by atoms with van der Waals surface area (Å²) in [4.78, 5) is 28.5. The number of methoxy groups -OCH3 is 1. The fourth-order valence-electron chi connectivity index (χ4n) is 3.19. The van der Waals surface area contributed by atoms with Crippen LogP contribution in [0.4, 0.5) is 0 Å². The average Bonchev–Trinajstić information content (AvgIpc) is 3.35. The molecule has 0 bridgehead atoms. The molecule has 0 saturated carbocycles. The number of rotatable bonds is 10. The topological polar surface area (TPSA) is 63.0 Å². The van der Waals surface area contributed by atoms with Gasteiger partial charge >= 0.3 is 5.97 Å². The minimum Gasteiger partial charge on any atom is -0.469 e. The molecular weight excluding hydrogens is 332 g/mol. The normalized spacial score (nSPS) is 16.1. The number of esters is 1. The Balaban J connectivity index is 1.86. The summed E-state index contributed by atoms with van der Waals surface area (Å²) in [6.07, 6.45) is 9.28. The predicted octanol–water partition coefficient (Wildman–Crippen LogP) is 2.81. The van der Waals surface area contributed by atoms with Crippen molar-refractivity contribution in [2.75, 3.05) is 39.8 Å². The Labute approximate surface area is 155 Å². The molecule has 1 amide bonds. The van der Waals surface area contributed by atoms with Gasteiger partial charge in [-0.3, -0.25) is 9.59 Å². The van der Waals surface area contributed by atoms with Gasteiger partial charge < -0.3 is 19.0 Å². The van der Waals surface area contributed by atoms with E-state index in [1.54, 1.807) is 36.3 Å². The third kappa shape index (κ3) is 6.67. The molecule has 6 heteroatoms. The second-order valence-corrected chi connectivity index (χ2v) is 6.81. The van der Waals surface area contributed by atoms with Crippen LogP contribution in [0.1, 0.15) is 38.4 Å². The number of hydrogen-bond acceptors (Lipinski definition) is 5. The van der Waals surface area contributed by atoms with Crippen LogP contribution >= 0.6 is 0 Å². The number of furan rings is 1. The van der Waals surface area contributed by atoms with Crippen LogP contribution in [0.5, 0.6) is 0 Å². The predicted molar refractivity (Wildman–Crippen MR) is 100 cm³/mol. The molecule has 1 aromatic heterocycles. The van der Waals surface area contributed by atoms with Crippen molar-refractivity contribution in [3.8, 4) is 0 Å². The molecule has 1 fully saturated rings. The highest BCUT2D eigenvalue weighted by molar-refractivity contribution is 5.91. The Bertz CT molecular complexity index is 577. The Morgan fingerprint density at radius 3 is 2.77 bits per heavy atom. The van der Waals surface area contributed by atoms with Gasteiger partial charge in [-0.1, -0.05) is 6.92 Å². The van der Waals surface area contributed by atoms with Crippen LogP contribution < -0.4 is 0 Å². The highest BCUT2D eigenvalue weighted by Gasteiger charge is 2.20. The molecular formula is C20H30N2O4. The fourth-order valence-corrected chi connectivity index (χ4v) is 3.19. The second kappa shape index (κ2) is 10.8. The summed E-state index contributed by atoms with van der Waals surface area (Å²) in [5.74, 6) is -0.124. The number of carbonyl (C=O) groups is 2. The van der Waals surface area contributed by atoms with Gasteiger partial charge in [-0.25, -0.2) is 0 Å². The zero-order valence-corrected chi connectivity index (χ0v) is 15.9. The summed E-state index contributed by atoms with van der Waals surface area (Å²) in [5, 5.41) is 0. The van der Waals surface area contributed by atoms with E-state index in [9.17, 15) is 9.59 Å². The first-order chi connectivity index (χ1) is 12.6. The van der Waals surface area contributed by atoms with Crippen molar-refractivity contribution in [2.45, 2.75) is 32.6 Å². The largest absolute Gasteiger partial charge is 0.469 e. The molecule has 26 heavy (non-hydrogen) atoms. The van der Waals surface area contributed by atoms with Gasteiger partial charge in [0.15, 0.2) is 0 Å². The molecule has 1 atom stereocenters. The van der Waals surface area contributed by atoms with Gasteiger partial charge in [0, 0.05) is 19.2 Å². The minimum absolute atomic E-state index is 0.113. The van der Waals surface area contributed by atoms with Crippen molar-refractivity contribution in [2.24, 2.45) is 5.92 Å². The quantitative estimate of drug-likeness (QED) is 0.364. The number of ether oxygens (including phenoxy) is 1. The van der Waals surface area contributed by atoms with E-state index >= 15 is 0 Å². The second-order valence-electron chi connectivity index (χ2n) is 6.81. The molecule has 1 saturated heterocycles. The summed E-state index contributed by atoms with van der Waals surface area (Å²) in [7, 11) is 1.37. The minimum atomic E-state index is -0.348. The Morgan fingerprint density at radius 2 is 2.12 bits per heavy atom. The van der Waals surface area contributed by atoms with E-state index in [-0.39, 0.29) is 17.8 Å². The molecule has 144 valence electrons. The first-order valence-electron chi connectivity index (χ1n) is 9.41. The van der Waals surface area contributed by atoms with Crippen LogP contribution in [0, 0.1) is 5.92 Å². The molecule has 0 N–H and O–H groups in total. The van der Waals surface area contributed by atoms with Crippen LogP contribution in [0.25, 0.3) is 6.08 Å². The van der Waals surface area contributed by atoms with Gasteiger partial charge in [0.2, 0.25) is 5.91 Å². The number of carbonyl (C=O) groups excluding carboxylic acids is 2. The van der Waals surface area contributed by atoms with Gasteiger partial charge in [-0.2, -0.15) is 0 Å². The molecule has 2 rings (SSSR count).